The summed E-state index contributed by atoms with van der Waals surface area (Å²) in [5.74, 6) is -2.15. The predicted octanol–water partition coefficient (Wildman–Crippen LogP) is 6.97. The fourth-order valence-electron chi connectivity index (χ4n) is 9.01. The summed E-state index contributed by atoms with van der Waals surface area (Å²) in [5, 5.41) is 14.4. The lowest BCUT2D eigenvalue weighted by atomic mass is 9.69. The number of aliphatic carboxylic acids is 1. The Balaban J connectivity index is 1.60. The Morgan fingerprint density at radius 2 is 1.36 bits per heavy atom. The van der Waals surface area contributed by atoms with Gasteiger partial charge in [-0.3, -0.25) is 19.2 Å². The molecule has 2 fully saturated rings. The van der Waals surface area contributed by atoms with Crippen LogP contribution in [0.15, 0.2) is 52.4 Å². The molecule has 1 aromatic heterocycles. The number of carboxylic acid groups (broad SMARTS) is 1. The number of nitrogens with zero attached hydrogens (tertiary/aromatic N) is 1. The smallest absolute Gasteiger partial charge is 0.329 e. The number of H-pyrrole nitrogens is 1. The van der Waals surface area contributed by atoms with E-state index in [1.807, 2.05) is 44.2 Å². The number of carbonyl (C=O) groups is 5. The van der Waals surface area contributed by atoms with E-state index in [0.717, 1.165) is 25.7 Å². The van der Waals surface area contributed by atoms with Crippen molar-refractivity contribution >= 4 is 47.5 Å². The van der Waals surface area contributed by atoms with E-state index in [0.29, 0.717) is 39.9 Å². The first-order valence-corrected chi connectivity index (χ1v) is 19.2. The van der Waals surface area contributed by atoms with Gasteiger partial charge in [-0.15, -0.1) is 0 Å². The van der Waals surface area contributed by atoms with Crippen LogP contribution in [0, 0.1) is 47.3 Å². The quantitative estimate of drug-likeness (QED) is 0.176. The standard InChI is InChI=1S/C42H54N4O9/c1-21-14-23(3)34(24(4)15-21)41(51)54-37-27(7)30(44-39(37)43-28(8)47)18-31-36(29-12-10-9-11-13-29)38(40(45-31)46-32(48)19-53-20-33(49)50)55-42(52)35-25(5)16-22(2)17-26(35)6/h9-13,18,21-26,34-35,45H,14-17,19-20H2,1-8H3,(H,46,48)(H,49,50)(H,43,44,47). The average Bonchev–Trinajstić information content (AvgIpc) is 3.54. The highest BCUT2D eigenvalue weighted by Crippen LogP contribution is 2.45. The highest BCUT2D eigenvalue weighted by molar-refractivity contribution is 6.11. The monoisotopic (exact) mass is 758 g/mol. The van der Waals surface area contributed by atoms with E-state index in [1.165, 1.54) is 6.92 Å². The molecule has 13 heteroatoms. The lowest BCUT2D eigenvalue weighted by Gasteiger charge is -2.36. The second-order valence-corrected chi connectivity index (χ2v) is 16.0. The number of aromatic nitrogens is 1. The maximum absolute atomic E-state index is 14.1. The number of aliphatic imine (C=N–C) groups is 1. The van der Waals surface area contributed by atoms with Crippen LogP contribution in [0.5, 0.6) is 5.75 Å². The number of anilines is 1. The Labute approximate surface area is 322 Å². The average molecular weight is 759 g/mol. The number of nitrogens with one attached hydrogen (secondary N) is 3. The number of allylic oxidation sites excluding steroid dienone is 1. The van der Waals surface area contributed by atoms with Crippen LogP contribution in [-0.4, -0.2) is 58.9 Å². The molecular weight excluding hydrogens is 704 g/mol. The minimum atomic E-state index is -1.23. The van der Waals surface area contributed by atoms with Gasteiger partial charge in [0.25, 0.3) is 5.91 Å². The predicted molar refractivity (Wildman–Crippen MR) is 207 cm³/mol. The summed E-state index contributed by atoms with van der Waals surface area (Å²) in [6.45, 7) is 14.4. The fraction of sp³-hybridized carbons (Fsp3) is 0.524. The molecule has 0 bridgehead atoms. The number of hydrogen-bond donors (Lipinski definition) is 4. The van der Waals surface area contributed by atoms with Gasteiger partial charge in [-0.2, -0.15) is 0 Å². The molecule has 4 unspecified atom stereocenters. The van der Waals surface area contributed by atoms with Crippen molar-refractivity contribution in [3.8, 4) is 16.9 Å². The zero-order valence-electron chi connectivity index (χ0n) is 33.0. The summed E-state index contributed by atoms with van der Waals surface area (Å²) in [5.41, 5.74) is 2.33. The Morgan fingerprint density at radius 1 is 0.818 bits per heavy atom. The van der Waals surface area contributed by atoms with E-state index in [1.54, 1.807) is 13.0 Å². The van der Waals surface area contributed by atoms with Crippen molar-refractivity contribution in [3.05, 3.63) is 53.1 Å². The summed E-state index contributed by atoms with van der Waals surface area (Å²) >= 11 is 0. The number of rotatable bonds is 11. The first-order chi connectivity index (χ1) is 26.0. The van der Waals surface area contributed by atoms with Gasteiger partial charge in [-0.05, 0) is 79.8 Å². The van der Waals surface area contributed by atoms with E-state index in [4.69, 9.17) is 24.3 Å². The van der Waals surface area contributed by atoms with Crippen molar-refractivity contribution in [1.82, 2.24) is 10.3 Å². The molecule has 2 heterocycles. The number of amides is 2. The zero-order chi connectivity index (χ0) is 40.1. The summed E-state index contributed by atoms with van der Waals surface area (Å²) in [6, 6.07) is 9.17. The number of benzene rings is 1. The maximum atomic E-state index is 14.1. The van der Waals surface area contributed by atoms with Gasteiger partial charge in [0.05, 0.1) is 28.8 Å². The van der Waals surface area contributed by atoms with Crippen LogP contribution in [0.4, 0.5) is 5.82 Å². The number of esters is 2. The van der Waals surface area contributed by atoms with E-state index in [2.05, 4.69) is 43.3 Å². The van der Waals surface area contributed by atoms with Crippen molar-refractivity contribution < 1.29 is 43.3 Å². The number of carboxylic acids is 1. The number of aromatic amines is 1. The molecule has 2 saturated carbocycles. The van der Waals surface area contributed by atoms with Gasteiger partial charge in [0.15, 0.2) is 23.2 Å². The molecule has 2 amide bonds. The normalized spacial score (nSPS) is 27.3. The molecule has 4 N–H and O–H groups in total. The second-order valence-electron chi connectivity index (χ2n) is 16.0. The van der Waals surface area contributed by atoms with E-state index < -0.39 is 37.0 Å². The Hall–Kier alpha value is -5.04. The molecule has 0 radical (unpaired) electrons. The summed E-state index contributed by atoms with van der Waals surface area (Å²) in [6.07, 6.45) is 5.23. The van der Waals surface area contributed by atoms with Gasteiger partial charge in [-0.1, -0.05) is 71.9 Å². The number of hydrogen-bond acceptors (Lipinski definition) is 9. The SMILES string of the molecule is CC(=O)NC1=NC(=Cc2[nH]c(NC(=O)COCC(=O)O)c(OC(=O)C3C(C)CC(C)CC3C)c2-c2ccccc2)C(C)=C1OC(=O)C1C(C)CC(C)CC1C. The number of ether oxygens (including phenoxy) is 3. The van der Waals surface area contributed by atoms with Crippen LogP contribution < -0.4 is 15.4 Å². The molecule has 0 spiro atoms. The van der Waals surface area contributed by atoms with E-state index in [-0.39, 0.29) is 64.6 Å². The van der Waals surface area contributed by atoms with Crippen molar-refractivity contribution in [2.24, 2.45) is 52.3 Å². The molecular formula is C42H54N4O9. The first-order valence-electron chi connectivity index (χ1n) is 19.2. The Kier molecular flexibility index (Phi) is 13.2. The van der Waals surface area contributed by atoms with Crippen LogP contribution >= 0.6 is 0 Å². The third-order valence-electron chi connectivity index (χ3n) is 11.0. The van der Waals surface area contributed by atoms with Gasteiger partial charge in [0.1, 0.15) is 13.2 Å². The third kappa shape index (κ3) is 9.80. The van der Waals surface area contributed by atoms with Crippen molar-refractivity contribution in [1.29, 1.82) is 0 Å². The number of amidine groups is 1. The summed E-state index contributed by atoms with van der Waals surface area (Å²) < 4.78 is 17.4. The molecule has 55 heavy (non-hydrogen) atoms. The van der Waals surface area contributed by atoms with Crippen LogP contribution in [0.1, 0.15) is 86.8 Å². The molecule has 2 aromatic rings. The summed E-state index contributed by atoms with van der Waals surface area (Å²) in [7, 11) is 0. The van der Waals surface area contributed by atoms with E-state index >= 15 is 0 Å². The van der Waals surface area contributed by atoms with Gasteiger partial charge in [0, 0.05) is 12.5 Å². The van der Waals surface area contributed by atoms with Gasteiger partial charge < -0.3 is 34.9 Å². The highest BCUT2D eigenvalue weighted by Gasteiger charge is 2.40. The van der Waals surface area contributed by atoms with Gasteiger partial charge in [0.2, 0.25) is 5.91 Å². The molecule has 13 nitrogen and oxygen atoms in total. The van der Waals surface area contributed by atoms with E-state index in [9.17, 15) is 24.0 Å². The van der Waals surface area contributed by atoms with Crippen molar-refractivity contribution in [2.75, 3.05) is 18.5 Å². The minimum Gasteiger partial charge on any atom is -0.480 e. The van der Waals surface area contributed by atoms with Crippen LogP contribution in [-0.2, 0) is 33.4 Å². The highest BCUT2D eigenvalue weighted by atomic mass is 16.5. The molecule has 2 aliphatic carbocycles. The molecule has 0 saturated heterocycles. The third-order valence-corrected chi connectivity index (χ3v) is 11.0. The first kappa shape index (κ1) is 41.1. The largest absolute Gasteiger partial charge is 0.480 e. The topological polar surface area (TPSA) is 185 Å². The molecule has 296 valence electrons. The van der Waals surface area contributed by atoms with Crippen LogP contribution in [0.25, 0.3) is 17.2 Å². The maximum Gasteiger partial charge on any atom is 0.329 e. The van der Waals surface area contributed by atoms with Gasteiger partial charge >= 0.3 is 17.9 Å². The lowest BCUT2D eigenvalue weighted by molar-refractivity contribution is -0.149. The second kappa shape index (κ2) is 17.6. The Morgan fingerprint density at radius 3 is 1.89 bits per heavy atom. The molecule has 5 rings (SSSR count). The fourth-order valence-corrected chi connectivity index (χ4v) is 9.01. The molecule has 1 aromatic carbocycles. The Bertz CT molecular complexity index is 1870. The molecule has 1 aliphatic heterocycles. The number of carbonyl (C=O) groups excluding carboxylic acids is 4. The minimum absolute atomic E-state index is 0.0549. The van der Waals surface area contributed by atoms with Gasteiger partial charge in [-0.25, -0.2) is 9.79 Å². The van der Waals surface area contributed by atoms with Crippen LogP contribution in [0.2, 0.25) is 0 Å². The molecule has 3 aliphatic rings. The van der Waals surface area contributed by atoms with Crippen molar-refractivity contribution in [3.63, 3.8) is 0 Å². The van der Waals surface area contributed by atoms with Crippen LogP contribution in [0.3, 0.4) is 0 Å². The lowest BCUT2D eigenvalue weighted by Crippen LogP contribution is -2.37. The molecule has 4 atom stereocenters. The zero-order valence-corrected chi connectivity index (χ0v) is 33.0. The van der Waals surface area contributed by atoms with Crippen molar-refractivity contribution in [2.45, 2.75) is 81.1 Å². The summed E-state index contributed by atoms with van der Waals surface area (Å²) in [4.78, 5) is 72.2.